The molecule has 0 atom stereocenters. The van der Waals surface area contributed by atoms with Gasteiger partial charge in [-0.3, -0.25) is 0 Å². The Kier molecular flexibility index (Phi) is 5.15. The maximum absolute atomic E-state index is 12.0. The number of ether oxygens (including phenoxy) is 1. The Balaban J connectivity index is 2.06. The van der Waals surface area contributed by atoms with Crippen molar-refractivity contribution in [1.29, 1.82) is 5.26 Å². The van der Waals surface area contributed by atoms with Crippen LogP contribution < -0.4 is 0 Å². The number of amides is 1. The zero-order valence-corrected chi connectivity index (χ0v) is 14.6. The minimum Gasteiger partial charge on any atom is -0.444 e. The zero-order valence-electron chi connectivity index (χ0n) is 13.0. The van der Waals surface area contributed by atoms with Crippen LogP contribution in [0.1, 0.15) is 38.5 Å². The van der Waals surface area contributed by atoms with E-state index in [1.54, 1.807) is 11.0 Å². The molecule has 1 fully saturated rings. The van der Waals surface area contributed by atoms with Gasteiger partial charge in [-0.15, -0.1) is 11.3 Å². The zero-order chi connectivity index (χ0) is 16.3. The first-order chi connectivity index (χ1) is 10.3. The summed E-state index contributed by atoms with van der Waals surface area (Å²) in [6.07, 6.45) is 1.10. The highest BCUT2D eigenvalue weighted by atomic mass is 35.5. The van der Waals surface area contributed by atoms with Gasteiger partial charge in [0.15, 0.2) is 0 Å². The summed E-state index contributed by atoms with van der Waals surface area (Å²) in [5.41, 5.74) is 1.29. The van der Waals surface area contributed by atoms with E-state index in [1.165, 1.54) is 11.3 Å². The van der Waals surface area contributed by atoms with Gasteiger partial charge < -0.3 is 9.64 Å². The Labute approximate surface area is 139 Å². The highest BCUT2D eigenvalue weighted by molar-refractivity contribution is 7.17. The van der Waals surface area contributed by atoms with Gasteiger partial charge in [0, 0.05) is 18.0 Å². The van der Waals surface area contributed by atoms with E-state index >= 15 is 0 Å². The van der Waals surface area contributed by atoms with Crippen molar-refractivity contribution >= 4 is 34.6 Å². The lowest BCUT2D eigenvalue weighted by molar-refractivity contribution is 0.0236. The van der Waals surface area contributed by atoms with Crippen LogP contribution in [0.2, 0.25) is 4.34 Å². The van der Waals surface area contributed by atoms with Crippen molar-refractivity contribution in [2.75, 3.05) is 13.1 Å². The fourth-order valence-electron chi connectivity index (χ4n) is 2.29. The SMILES string of the molecule is CC(C)(C)OC(=O)N1CCC(=C(C#N)c2ccc(Cl)s2)CC1. The van der Waals surface area contributed by atoms with Crippen LogP contribution in [0.25, 0.3) is 5.57 Å². The van der Waals surface area contributed by atoms with Crippen molar-refractivity contribution in [3.63, 3.8) is 0 Å². The van der Waals surface area contributed by atoms with Crippen LogP contribution in [0.5, 0.6) is 0 Å². The number of halogens is 1. The topological polar surface area (TPSA) is 53.3 Å². The third-order valence-electron chi connectivity index (χ3n) is 3.30. The van der Waals surface area contributed by atoms with E-state index in [9.17, 15) is 10.1 Å². The fraction of sp³-hybridized carbons (Fsp3) is 0.500. The van der Waals surface area contributed by atoms with Gasteiger partial charge in [-0.1, -0.05) is 11.6 Å². The largest absolute Gasteiger partial charge is 0.444 e. The Hall–Kier alpha value is -1.51. The average molecular weight is 339 g/mol. The molecule has 0 aromatic carbocycles. The minimum atomic E-state index is -0.487. The van der Waals surface area contributed by atoms with Gasteiger partial charge in [-0.05, 0) is 51.3 Å². The van der Waals surface area contributed by atoms with Crippen molar-refractivity contribution in [3.8, 4) is 6.07 Å². The Morgan fingerprint density at radius 1 is 1.36 bits per heavy atom. The molecule has 0 saturated carbocycles. The molecule has 118 valence electrons. The highest BCUT2D eigenvalue weighted by Gasteiger charge is 2.26. The summed E-state index contributed by atoms with van der Waals surface area (Å²) >= 11 is 7.35. The van der Waals surface area contributed by atoms with Crippen molar-refractivity contribution in [1.82, 2.24) is 4.90 Å². The number of thiophene rings is 1. The lowest BCUT2D eigenvalue weighted by Crippen LogP contribution is -2.40. The molecule has 0 N–H and O–H groups in total. The smallest absolute Gasteiger partial charge is 0.410 e. The van der Waals surface area contributed by atoms with Gasteiger partial charge in [-0.25, -0.2) is 4.79 Å². The van der Waals surface area contributed by atoms with Crippen LogP contribution >= 0.6 is 22.9 Å². The van der Waals surface area contributed by atoms with E-state index < -0.39 is 5.60 Å². The van der Waals surface area contributed by atoms with E-state index in [2.05, 4.69) is 6.07 Å². The lowest BCUT2D eigenvalue weighted by atomic mass is 9.98. The molecule has 0 unspecified atom stereocenters. The number of hydrogen-bond acceptors (Lipinski definition) is 4. The number of nitrogens with zero attached hydrogens (tertiary/aromatic N) is 2. The van der Waals surface area contributed by atoms with E-state index in [0.29, 0.717) is 35.8 Å². The van der Waals surface area contributed by atoms with E-state index in [4.69, 9.17) is 16.3 Å². The lowest BCUT2D eigenvalue weighted by Gasteiger charge is -2.31. The van der Waals surface area contributed by atoms with Gasteiger partial charge in [0.05, 0.1) is 9.91 Å². The van der Waals surface area contributed by atoms with Gasteiger partial charge >= 0.3 is 6.09 Å². The third-order valence-corrected chi connectivity index (χ3v) is 4.55. The van der Waals surface area contributed by atoms with Crippen LogP contribution in [0.3, 0.4) is 0 Å². The van der Waals surface area contributed by atoms with Crippen LogP contribution in [0.4, 0.5) is 4.79 Å². The standard InChI is InChI=1S/C16H19ClN2O2S/c1-16(2,3)21-15(20)19-8-6-11(7-9-19)12(10-18)13-4-5-14(17)22-13/h4-5H,6-9H2,1-3H3. The molecule has 1 aromatic heterocycles. The molecular weight excluding hydrogens is 320 g/mol. The Morgan fingerprint density at radius 2 is 2.00 bits per heavy atom. The number of carbonyl (C=O) groups excluding carboxylic acids is 1. The normalized spacial score (nSPS) is 15.4. The molecule has 0 bridgehead atoms. The summed E-state index contributed by atoms with van der Waals surface area (Å²) in [5, 5.41) is 9.42. The molecule has 22 heavy (non-hydrogen) atoms. The second-order valence-electron chi connectivity index (χ2n) is 6.16. The molecule has 6 heteroatoms. The molecule has 1 aliphatic heterocycles. The Morgan fingerprint density at radius 3 is 2.45 bits per heavy atom. The van der Waals surface area contributed by atoms with Gasteiger partial charge in [0.1, 0.15) is 11.7 Å². The molecule has 0 aliphatic carbocycles. The van der Waals surface area contributed by atoms with Crippen LogP contribution in [0, 0.1) is 11.3 Å². The number of likely N-dealkylation sites (tertiary alicyclic amines) is 1. The number of allylic oxidation sites excluding steroid dienone is 1. The van der Waals surface area contributed by atoms with E-state index in [1.807, 2.05) is 26.8 Å². The first kappa shape index (κ1) is 16.9. The monoisotopic (exact) mass is 338 g/mol. The van der Waals surface area contributed by atoms with Gasteiger partial charge in [0.25, 0.3) is 0 Å². The van der Waals surface area contributed by atoms with Crippen molar-refractivity contribution in [3.05, 3.63) is 26.9 Å². The van der Waals surface area contributed by atoms with E-state index in [-0.39, 0.29) is 6.09 Å². The molecule has 1 aromatic rings. The average Bonchev–Trinajstić information content (AvgIpc) is 2.85. The number of hydrogen-bond donors (Lipinski definition) is 0. The number of nitriles is 1. The van der Waals surface area contributed by atoms with Crippen molar-refractivity contribution < 1.29 is 9.53 Å². The first-order valence-electron chi connectivity index (χ1n) is 7.16. The highest BCUT2D eigenvalue weighted by Crippen LogP contribution is 2.32. The summed E-state index contributed by atoms with van der Waals surface area (Å²) in [6, 6.07) is 5.96. The quantitative estimate of drug-likeness (QED) is 0.697. The third kappa shape index (κ3) is 4.25. The molecule has 1 amide bonds. The first-order valence-corrected chi connectivity index (χ1v) is 8.35. The van der Waals surface area contributed by atoms with Crippen LogP contribution in [0.15, 0.2) is 17.7 Å². The fourth-order valence-corrected chi connectivity index (χ4v) is 3.38. The predicted octanol–water partition coefficient (Wildman–Crippen LogP) is 4.71. The molecule has 1 aliphatic rings. The summed E-state index contributed by atoms with van der Waals surface area (Å²) in [4.78, 5) is 14.6. The van der Waals surface area contributed by atoms with Crippen molar-refractivity contribution in [2.45, 2.75) is 39.2 Å². The molecule has 2 rings (SSSR count). The molecule has 2 heterocycles. The minimum absolute atomic E-state index is 0.288. The number of carbonyl (C=O) groups is 1. The molecular formula is C16H19ClN2O2S. The predicted molar refractivity (Wildman–Crippen MR) is 88.9 cm³/mol. The summed E-state index contributed by atoms with van der Waals surface area (Å²) < 4.78 is 6.05. The van der Waals surface area contributed by atoms with Gasteiger partial charge in [-0.2, -0.15) is 5.26 Å². The molecule has 0 spiro atoms. The summed E-state index contributed by atoms with van der Waals surface area (Å²) in [7, 11) is 0. The van der Waals surface area contributed by atoms with Crippen LogP contribution in [-0.4, -0.2) is 29.7 Å². The second kappa shape index (κ2) is 6.72. The molecule has 0 radical (unpaired) electrons. The Bertz CT molecular complexity index is 627. The van der Waals surface area contributed by atoms with Crippen molar-refractivity contribution in [2.24, 2.45) is 0 Å². The van der Waals surface area contributed by atoms with E-state index in [0.717, 1.165) is 10.5 Å². The molecule has 1 saturated heterocycles. The maximum Gasteiger partial charge on any atom is 0.410 e. The number of rotatable bonds is 1. The summed E-state index contributed by atoms with van der Waals surface area (Å²) in [5.74, 6) is 0. The van der Waals surface area contributed by atoms with Crippen LogP contribution in [-0.2, 0) is 4.74 Å². The number of piperidine rings is 1. The van der Waals surface area contributed by atoms with Gasteiger partial charge in [0.2, 0.25) is 0 Å². The second-order valence-corrected chi connectivity index (χ2v) is 7.88. The summed E-state index contributed by atoms with van der Waals surface area (Å²) in [6.45, 7) is 6.72. The maximum atomic E-state index is 12.0. The molecule has 4 nitrogen and oxygen atoms in total.